The highest BCUT2D eigenvalue weighted by Crippen LogP contribution is 2.33. The van der Waals surface area contributed by atoms with Crippen molar-refractivity contribution in [3.05, 3.63) is 90.8 Å². The first-order valence-corrected chi connectivity index (χ1v) is 9.49. The van der Waals surface area contributed by atoms with Crippen LogP contribution < -0.4 is 13.7 Å². The number of hydrogen-bond donors (Lipinski definition) is 0. The van der Waals surface area contributed by atoms with Crippen molar-refractivity contribution in [1.29, 1.82) is 0 Å². The lowest BCUT2D eigenvalue weighted by Crippen LogP contribution is -2.63. The first-order valence-electron chi connectivity index (χ1n) is 9.49. The number of hydrogen-bond acceptors (Lipinski definition) is 0. The maximum absolute atomic E-state index is 3.12. The molecule has 3 heteroatoms. The van der Waals surface area contributed by atoms with Crippen LogP contribution in [0.1, 0.15) is 18.8 Å². The summed E-state index contributed by atoms with van der Waals surface area (Å²) in [7, 11) is 0. The Morgan fingerprint density at radius 2 is 1.29 bits per heavy atom. The van der Waals surface area contributed by atoms with Gasteiger partial charge in [-0.1, -0.05) is 31.8 Å². The molecular formula is C25H18N3+3. The summed E-state index contributed by atoms with van der Waals surface area (Å²) < 4.78 is 7.13. The van der Waals surface area contributed by atoms with Gasteiger partial charge in [0, 0.05) is 42.0 Å². The molecule has 0 N–H and O–H groups in total. The second-order valence-corrected chi connectivity index (χ2v) is 7.17. The second kappa shape index (κ2) is 5.61. The third kappa shape index (κ3) is 1.97. The quantitative estimate of drug-likeness (QED) is 0.315. The van der Waals surface area contributed by atoms with Crippen molar-refractivity contribution in [2.24, 2.45) is 0 Å². The predicted octanol–water partition coefficient (Wildman–Crippen LogP) is 3.10. The standard InChI is InChI=1S/C25H18N3/c1-2-7-18-10-12-19(13-11-18)20-16-23-21-8-3-5-14-26(21)25-27-15-6-4-9-22(27)24(17-20)28(23)25/h3-6,8-17,25H,1H3/q+3. The SMILES string of the molecule is CC#Cc1ccc(-c2cc3[n+]4c(c2)-c2cccc[n+]2C4[n+]2ccccc2-3)cc1. The van der Waals surface area contributed by atoms with E-state index in [-0.39, 0.29) is 6.29 Å². The van der Waals surface area contributed by atoms with Crippen LogP contribution in [0.25, 0.3) is 33.9 Å². The molecule has 28 heavy (non-hydrogen) atoms. The van der Waals surface area contributed by atoms with Gasteiger partial charge in [-0.3, -0.25) is 0 Å². The van der Waals surface area contributed by atoms with Crippen LogP contribution in [0.3, 0.4) is 0 Å². The minimum absolute atomic E-state index is 0.133. The monoisotopic (exact) mass is 360 g/mol. The lowest BCUT2D eigenvalue weighted by Gasteiger charge is -2.02. The maximum Gasteiger partial charge on any atom is 0.555 e. The Hall–Kier alpha value is -3.77. The topological polar surface area (TPSA) is 11.6 Å². The molecule has 3 nitrogen and oxygen atoms in total. The molecule has 5 heterocycles. The van der Waals surface area contributed by atoms with Gasteiger partial charge in [0.15, 0.2) is 12.4 Å². The summed E-state index contributed by atoms with van der Waals surface area (Å²) in [5, 5.41) is 0. The molecule has 0 saturated carbocycles. The Morgan fingerprint density at radius 3 is 1.86 bits per heavy atom. The summed E-state index contributed by atoms with van der Waals surface area (Å²) >= 11 is 0. The minimum atomic E-state index is 0.133. The molecule has 0 bridgehead atoms. The van der Waals surface area contributed by atoms with Crippen molar-refractivity contribution in [1.82, 2.24) is 0 Å². The van der Waals surface area contributed by atoms with Crippen LogP contribution >= 0.6 is 0 Å². The number of rotatable bonds is 1. The number of fused-ring (bicyclic) bond motifs is 6. The van der Waals surface area contributed by atoms with Gasteiger partial charge in [0.05, 0.1) is 0 Å². The highest BCUT2D eigenvalue weighted by Gasteiger charge is 2.59. The van der Waals surface area contributed by atoms with E-state index in [1.807, 2.05) is 6.92 Å². The summed E-state index contributed by atoms with van der Waals surface area (Å²) in [5.41, 5.74) is 8.47. The molecule has 0 radical (unpaired) electrons. The Morgan fingerprint density at radius 1 is 0.679 bits per heavy atom. The van der Waals surface area contributed by atoms with Crippen LogP contribution in [0.4, 0.5) is 0 Å². The lowest BCUT2D eigenvalue weighted by atomic mass is 10.0. The average Bonchev–Trinajstić information content (AvgIpc) is 3.26. The number of aromatic nitrogens is 3. The van der Waals surface area contributed by atoms with E-state index in [1.165, 1.54) is 33.9 Å². The Labute approximate surface area is 163 Å². The molecule has 130 valence electrons. The molecule has 3 aromatic heterocycles. The lowest BCUT2D eigenvalue weighted by molar-refractivity contribution is -1.08. The molecule has 2 aliphatic heterocycles. The first-order chi connectivity index (χ1) is 13.8. The molecule has 0 saturated heterocycles. The fourth-order valence-corrected chi connectivity index (χ4v) is 4.44. The first kappa shape index (κ1) is 15.3. The largest absolute Gasteiger partial charge is 0.555 e. The predicted molar refractivity (Wildman–Crippen MR) is 106 cm³/mol. The van der Waals surface area contributed by atoms with Crippen LogP contribution in [0.2, 0.25) is 0 Å². The van der Waals surface area contributed by atoms with Crippen molar-refractivity contribution in [3.8, 4) is 45.7 Å². The highest BCUT2D eigenvalue weighted by atomic mass is 15.4. The van der Waals surface area contributed by atoms with E-state index < -0.39 is 0 Å². The number of benzene rings is 1. The zero-order chi connectivity index (χ0) is 18.7. The molecule has 4 aromatic rings. The van der Waals surface area contributed by atoms with Crippen molar-refractivity contribution < 1.29 is 13.7 Å². The second-order valence-electron chi connectivity index (χ2n) is 7.17. The zero-order valence-electron chi connectivity index (χ0n) is 15.5. The van der Waals surface area contributed by atoms with Crippen molar-refractivity contribution in [3.63, 3.8) is 0 Å². The normalized spacial score (nSPS) is 12.8. The molecular weight excluding hydrogens is 342 g/mol. The van der Waals surface area contributed by atoms with Gasteiger partial charge in [-0.25, -0.2) is 0 Å². The van der Waals surface area contributed by atoms with Gasteiger partial charge in [-0.15, -0.1) is 5.92 Å². The Kier molecular flexibility index (Phi) is 3.07. The Balaban J connectivity index is 1.63. The van der Waals surface area contributed by atoms with Gasteiger partial charge >= 0.3 is 6.29 Å². The van der Waals surface area contributed by atoms with Gasteiger partial charge in [0.1, 0.15) is 0 Å². The van der Waals surface area contributed by atoms with E-state index in [2.05, 4.69) is 111 Å². The smallest absolute Gasteiger partial charge is 0.101 e. The van der Waals surface area contributed by atoms with Gasteiger partial charge in [0.25, 0.3) is 22.8 Å². The fraction of sp³-hybridized carbons (Fsp3) is 0.0800. The third-order valence-electron chi connectivity index (χ3n) is 5.62. The highest BCUT2D eigenvalue weighted by molar-refractivity contribution is 5.72. The molecule has 1 aromatic carbocycles. The minimum Gasteiger partial charge on any atom is -0.101 e. The van der Waals surface area contributed by atoms with Gasteiger partial charge in [0.2, 0.25) is 0 Å². The maximum atomic E-state index is 3.12. The van der Waals surface area contributed by atoms with Gasteiger partial charge in [-0.05, 0) is 42.3 Å². The summed E-state index contributed by atoms with van der Waals surface area (Å²) in [6.45, 7) is 1.87. The summed E-state index contributed by atoms with van der Waals surface area (Å²) in [5.74, 6) is 6.09. The van der Waals surface area contributed by atoms with E-state index in [4.69, 9.17) is 0 Å². The molecule has 0 aliphatic carbocycles. The fourth-order valence-electron chi connectivity index (χ4n) is 4.44. The summed E-state index contributed by atoms with van der Waals surface area (Å²) in [4.78, 5) is 0. The summed E-state index contributed by atoms with van der Waals surface area (Å²) in [6, 6.07) is 26.0. The van der Waals surface area contributed by atoms with Crippen LogP contribution in [0.15, 0.2) is 85.2 Å². The van der Waals surface area contributed by atoms with Crippen molar-refractivity contribution in [2.75, 3.05) is 0 Å². The molecule has 0 unspecified atom stereocenters. The van der Waals surface area contributed by atoms with Gasteiger partial charge in [-0.2, -0.15) is 0 Å². The average molecular weight is 360 g/mol. The number of nitrogens with zero attached hydrogens (tertiary/aromatic N) is 3. The number of pyridine rings is 3. The molecule has 2 aliphatic rings. The molecule has 0 spiro atoms. The van der Waals surface area contributed by atoms with Crippen molar-refractivity contribution >= 4 is 0 Å². The van der Waals surface area contributed by atoms with E-state index in [9.17, 15) is 0 Å². The third-order valence-corrected chi connectivity index (χ3v) is 5.62. The molecule has 0 atom stereocenters. The van der Waals surface area contributed by atoms with Crippen molar-refractivity contribution in [2.45, 2.75) is 13.2 Å². The van der Waals surface area contributed by atoms with E-state index in [0.717, 1.165) is 5.56 Å². The zero-order valence-corrected chi connectivity index (χ0v) is 15.5. The van der Waals surface area contributed by atoms with Crippen LogP contribution in [-0.4, -0.2) is 0 Å². The molecule has 6 rings (SSSR count). The van der Waals surface area contributed by atoms with Crippen LogP contribution in [0.5, 0.6) is 0 Å². The Bertz CT molecular complexity index is 1260. The molecule has 0 fully saturated rings. The van der Waals surface area contributed by atoms with E-state index in [1.54, 1.807) is 0 Å². The van der Waals surface area contributed by atoms with Crippen LogP contribution in [0, 0.1) is 11.8 Å². The summed E-state index contributed by atoms with van der Waals surface area (Å²) in [6.07, 6.45) is 4.47. The van der Waals surface area contributed by atoms with E-state index >= 15 is 0 Å². The molecule has 0 amide bonds. The van der Waals surface area contributed by atoms with E-state index in [0.29, 0.717) is 0 Å². The van der Waals surface area contributed by atoms with Crippen LogP contribution in [-0.2, 0) is 0 Å². The van der Waals surface area contributed by atoms with Gasteiger partial charge < -0.3 is 0 Å².